The van der Waals surface area contributed by atoms with E-state index >= 15 is 0 Å². The van der Waals surface area contributed by atoms with Crippen LogP contribution in [0.2, 0.25) is 0 Å². The van der Waals surface area contributed by atoms with E-state index in [1.807, 2.05) is 18.2 Å². The number of aromatic nitrogens is 2. The molecule has 2 aromatic carbocycles. The zero-order valence-electron chi connectivity index (χ0n) is 16.1. The van der Waals surface area contributed by atoms with Gasteiger partial charge >= 0.3 is 0 Å². The average molecular weight is 411 g/mol. The summed E-state index contributed by atoms with van der Waals surface area (Å²) in [4.78, 5) is 18.6. The Morgan fingerprint density at radius 3 is 2.90 bits per heavy atom. The number of amides is 1. The first-order valence-corrected chi connectivity index (χ1v) is 9.44. The van der Waals surface area contributed by atoms with E-state index in [1.165, 1.54) is 19.2 Å². The number of fused-ring (bicyclic) bond motifs is 1. The lowest BCUT2D eigenvalue weighted by atomic mass is 10.1. The van der Waals surface area contributed by atoms with Crippen molar-refractivity contribution in [3.63, 3.8) is 0 Å². The Hall–Kier alpha value is -3.62. The lowest BCUT2D eigenvalue weighted by Crippen LogP contribution is -2.24. The summed E-state index contributed by atoms with van der Waals surface area (Å²) in [6.45, 7) is 1.13. The second kappa shape index (κ2) is 7.33. The van der Waals surface area contributed by atoms with Crippen LogP contribution in [0.25, 0.3) is 11.4 Å². The van der Waals surface area contributed by atoms with Crippen molar-refractivity contribution in [1.82, 2.24) is 15.0 Å². The minimum Gasteiger partial charge on any atom is -0.494 e. The van der Waals surface area contributed by atoms with Gasteiger partial charge in [-0.2, -0.15) is 4.98 Å². The van der Waals surface area contributed by atoms with Crippen LogP contribution in [0.4, 0.5) is 4.39 Å². The fourth-order valence-corrected chi connectivity index (χ4v) is 3.67. The highest BCUT2D eigenvalue weighted by molar-refractivity contribution is 5.79. The summed E-state index contributed by atoms with van der Waals surface area (Å²) >= 11 is 0. The van der Waals surface area contributed by atoms with Crippen molar-refractivity contribution >= 4 is 5.91 Å². The van der Waals surface area contributed by atoms with Gasteiger partial charge in [0.2, 0.25) is 24.4 Å². The van der Waals surface area contributed by atoms with E-state index < -0.39 is 5.82 Å². The van der Waals surface area contributed by atoms with Gasteiger partial charge in [-0.25, -0.2) is 4.39 Å². The first-order valence-electron chi connectivity index (χ1n) is 9.44. The molecule has 0 bridgehead atoms. The van der Waals surface area contributed by atoms with Crippen LogP contribution >= 0.6 is 0 Å². The van der Waals surface area contributed by atoms with Crippen molar-refractivity contribution in [3.8, 4) is 28.6 Å². The maximum absolute atomic E-state index is 14.0. The lowest BCUT2D eigenvalue weighted by molar-refractivity contribution is -0.128. The van der Waals surface area contributed by atoms with Crippen LogP contribution in [0.15, 0.2) is 40.9 Å². The summed E-state index contributed by atoms with van der Waals surface area (Å²) in [5.74, 6) is 1.46. The van der Waals surface area contributed by atoms with Gasteiger partial charge in [0.1, 0.15) is 0 Å². The number of hydrogen-bond donors (Lipinski definition) is 0. The zero-order valence-corrected chi connectivity index (χ0v) is 16.1. The van der Waals surface area contributed by atoms with Crippen LogP contribution < -0.4 is 14.2 Å². The largest absolute Gasteiger partial charge is 0.494 e. The van der Waals surface area contributed by atoms with Gasteiger partial charge in [0.25, 0.3) is 0 Å². The van der Waals surface area contributed by atoms with Crippen molar-refractivity contribution in [1.29, 1.82) is 0 Å². The molecule has 1 unspecified atom stereocenters. The Balaban J connectivity index is 1.29. The quantitative estimate of drug-likeness (QED) is 0.637. The normalized spacial score (nSPS) is 17.6. The second-order valence-corrected chi connectivity index (χ2v) is 7.17. The van der Waals surface area contributed by atoms with Crippen LogP contribution in [-0.2, 0) is 11.3 Å². The average Bonchev–Trinajstić information content (AvgIpc) is 3.48. The van der Waals surface area contributed by atoms with Gasteiger partial charge in [-0.15, -0.1) is 0 Å². The molecular formula is C21H18FN3O5. The van der Waals surface area contributed by atoms with Gasteiger partial charge in [0.15, 0.2) is 23.1 Å². The van der Waals surface area contributed by atoms with E-state index in [0.29, 0.717) is 36.0 Å². The topological polar surface area (TPSA) is 86.9 Å². The fourth-order valence-electron chi connectivity index (χ4n) is 3.67. The molecule has 1 saturated heterocycles. The second-order valence-electron chi connectivity index (χ2n) is 7.17. The first-order chi connectivity index (χ1) is 14.6. The van der Waals surface area contributed by atoms with E-state index in [0.717, 1.165) is 5.56 Å². The van der Waals surface area contributed by atoms with Gasteiger partial charge in [0.05, 0.1) is 13.0 Å². The molecule has 154 valence electrons. The zero-order chi connectivity index (χ0) is 20.7. The summed E-state index contributed by atoms with van der Waals surface area (Å²) < 4.78 is 35.0. The third-order valence-corrected chi connectivity index (χ3v) is 5.23. The minimum atomic E-state index is -0.507. The standard InChI is InChI=1S/C21H18FN3O5/c1-27-16-5-3-13(7-15(16)22)20-23-21(30-24-20)14-8-19(26)25(10-14)9-12-2-4-17-18(6-12)29-11-28-17/h2-7,14H,8-11H2,1H3. The molecule has 0 saturated carbocycles. The maximum atomic E-state index is 14.0. The highest BCUT2D eigenvalue weighted by Gasteiger charge is 2.34. The first kappa shape index (κ1) is 18.4. The van der Waals surface area contributed by atoms with Crippen LogP contribution in [0.5, 0.6) is 17.2 Å². The van der Waals surface area contributed by atoms with Gasteiger partial charge in [-0.1, -0.05) is 11.2 Å². The summed E-state index contributed by atoms with van der Waals surface area (Å²) in [6.07, 6.45) is 0.281. The summed E-state index contributed by atoms with van der Waals surface area (Å²) in [7, 11) is 1.40. The van der Waals surface area contributed by atoms with Crippen LogP contribution in [0.3, 0.4) is 0 Å². The molecule has 9 heteroatoms. The SMILES string of the molecule is COc1ccc(-c2noc(C3CC(=O)N(Cc4ccc5c(c4)OCO5)C3)n2)cc1F. The van der Waals surface area contributed by atoms with E-state index in [-0.39, 0.29) is 36.6 Å². The molecule has 1 fully saturated rings. The minimum absolute atomic E-state index is 0.00732. The predicted molar refractivity (Wildman–Crippen MR) is 102 cm³/mol. The molecule has 1 amide bonds. The smallest absolute Gasteiger partial charge is 0.232 e. The summed E-state index contributed by atoms with van der Waals surface area (Å²) in [6, 6.07) is 10.1. The lowest BCUT2D eigenvalue weighted by Gasteiger charge is -2.16. The van der Waals surface area contributed by atoms with Gasteiger partial charge < -0.3 is 23.6 Å². The van der Waals surface area contributed by atoms with Gasteiger partial charge in [-0.05, 0) is 35.9 Å². The Labute approximate surface area is 171 Å². The van der Waals surface area contributed by atoms with Crippen molar-refractivity contribution < 1.29 is 27.9 Å². The Morgan fingerprint density at radius 2 is 2.07 bits per heavy atom. The number of benzene rings is 2. The molecular weight excluding hydrogens is 393 g/mol. The number of methoxy groups -OCH3 is 1. The molecule has 1 aromatic heterocycles. The molecule has 0 aliphatic carbocycles. The molecule has 2 aliphatic heterocycles. The number of carbonyl (C=O) groups is 1. The number of hydrogen-bond acceptors (Lipinski definition) is 7. The molecule has 0 N–H and O–H groups in total. The maximum Gasteiger partial charge on any atom is 0.232 e. The number of rotatable bonds is 5. The molecule has 3 heterocycles. The number of likely N-dealkylation sites (tertiary alicyclic amines) is 1. The predicted octanol–water partition coefficient (Wildman–Crippen LogP) is 3.13. The van der Waals surface area contributed by atoms with E-state index in [1.54, 1.807) is 11.0 Å². The highest BCUT2D eigenvalue weighted by Crippen LogP contribution is 2.34. The molecule has 1 atom stereocenters. The third kappa shape index (κ3) is 3.32. The van der Waals surface area contributed by atoms with Crippen LogP contribution in [0.1, 0.15) is 23.8 Å². The number of halogens is 1. The van der Waals surface area contributed by atoms with Crippen LogP contribution in [-0.4, -0.2) is 41.4 Å². The van der Waals surface area contributed by atoms with Gasteiger partial charge in [-0.3, -0.25) is 4.79 Å². The Kier molecular flexibility index (Phi) is 4.50. The van der Waals surface area contributed by atoms with Crippen molar-refractivity contribution in [2.24, 2.45) is 0 Å². The molecule has 2 aliphatic rings. The molecule has 8 nitrogen and oxygen atoms in total. The molecule has 0 spiro atoms. The van der Waals surface area contributed by atoms with Crippen molar-refractivity contribution in [3.05, 3.63) is 53.7 Å². The van der Waals surface area contributed by atoms with Crippen molar-refractivity contribution in [2.75, 3.05) is 20.4 Å². The number of ether oxygens (including phenoxy) is 3. The fraction of sp³-hybridized carbons (Fsp3) is 0.286. The number of carbonyl (C=O) groups excluding carboxylic acids is 1. The van der Waals surface area contributed by atoms with E-state index in [4.69, 9.17) is 18.7 Å². The number of nitrogens with zero attached hydrogens (tertiary/aromatic N) is 3. The monoisotopic (exact) mass is 411 g/mol. The van der Waals surface area contributed by atoms with E-state index in [9.17, 15) is 9.18 Å². The molecule has 3 aromatic rings. The highest BCUT2D eigenvalue weighted by atomic mass is 19.1. The van der Waals surface area contributed by atoms with E-state index in [2.05, 4.69) is 10.1 Å². The molecule has 30 heavy (non-hydrogen) atoms. The van der Waals surface area contributed by atoms with Crippen LogP contribution in [0, 0.1) is 5.82 Å². The summed E-state index contributed by atoms with van der Waals surface area (Å²) in [5.41, 5.74) is 1.43. The molecule has 0 radical (unpaired) electrons. The van der Waals surface area contributed by atoms with Gasteiger partial charge in [0, 0.05) is 25.1 Å². The molecule has 5 rings (SSSR count). The van der Waals surface area contributed by atoms with Crippen molar-refractivity contribution in [2.45, 2.75) is 18.9 Å². The third-order valence-electron chi connectivity index (χ3n) is 5.23. The summed E-state index contributed by atoms with van der Waals surface area (Å²) in [5, 5.41) is 3.95. The Bertz CT molecular complexity index is 1120. The Morgan fingerprint density at radius 1 is 1.20 bits per heavy atom.